The lowest BCUT2D eigenvalue weighted by molar-refractivity contribution is -0.179. The van der Waals surface area contributed by atoms with Crippen LogP contribution in [-0.4, -0.2) is 33.2 Å². The van der Waals surface area contributed by atoms with Crippen LogP contribution in [0, 0.1) is 12.8 Å². The summed E-state index contributed by atoms with van der Waals surface area (Å²) in [4.78, 5) is 6.11. The molecule has 0 radical (unpaired) electrons. The van der Waals surface area contributed by atoms with Crippen molar-refractivity contribution in [2.24, 2.45) is 5.92 Å². The largest absolute Gasteiger partial charge is 0.292 e. The van der Waals surface area contributed by atoms with Crippen LogP contribution in [0.25, 0.3) is 5.69 Å². The van der Waals surface area contributed by atoms with Crippen LogP contribution in [0.5, 0.6) is 0 Å². The van der Waals surface area contributed by atoms with E-state index in [4.69, 9.17) is 9.94 Å². The third-order valence-electron chi connectivity index (χ3n) is 4.80. The molecule has 0 aliphatic carbocycles. The van der Waals surface area contributed by atoms with Crippen LogP contribution in [0.3, 0.4) is 0 Å². The predicted octanol–water partition coefficient (Wildman–Crippen LogP) is 3.60. The van der Waals surface area contributed by atoms with E-state index in [9.17, 15) is 0 Å². The Hall–Kier alpha value is -1.30. The first kappa shape index (κ1) is 14.3. The van der Waals surface area contributed by atoms with Crippen molar-refractivity contribution < 1.29 is 4.84 Å². The molecule has 0 spiro atoms. The SMILES string of the molecule is Cc1nn(-c2ccccc2)c2c1[C@H]1[C@@H](CS2)C(C)(C)ON1C. The second-order valence-electron chi connectivity index (χ2n) is 6.65. The average Bonchev–Trinajstić information content (AvgIpc) is 2.95. The van der Waals surface area contributed by atoms with Gasteiger partial charge in [0.1, 0.15) is 5.03 Å². The van der Waals surface area contributed by atoms with Crippen LogP contribution >= 0.6 is 11.8 Å². The highest BCUT2D eigenvalue weighted by atomic mass is 32.2. The fraction of sp³-hybridized carbons (Fsp3) is 0.471. The average molecular weight is 315 g/mol. The van der Waals surface area contributed by atoms with Gasteiger partial charge >= 0.3 is 0 Å². The Labute approximate surface area is 135 Å². The van der Waals surface area contributed by atoms with Gasteiger partial charge in [-0.25, -0.2) is 4.68 Å². The number of aromatic nitrogens is 2. The van der Waals surface area contributed by atoms with E-state index in [2.05, 4.69) is 49.7 Å². The van der Waals surface area contributed by atoms with Crippen molar-refractivity contribution in [1.29, 1.82) is 0 Å². The van der Waals surface area contributed by atoms with Gasteiger partial charge in [-0.2, -0.15) is 10.2 Å². The molecule has 2 aliphatic rings. The molecule has 5 heteroatoms. The summed E-state index contributed by atoms with van der Waals surface area (Å²) in [6.07, 6.45) is 0. The van der Waals surface area contributed by atoms with Gasteiger partial charge in [-0.15, -0.1) is 11.8 Å². The zero-order valence-electron chi connectivity index (χ0n) is 13.4. The summed E-state index contributed by atoms with van der Waals surface area (Å²) in [5.74, 6) is 1.55. The molecule has 1 saturated heterocycles. The van der Waals surface area contributed by atoms with Crippen LogP contribution in [0.2, 0.25) is 0 Å². The van der Waals surface area contributed by atoms with Gasteiger partial charge in [0, 0.05) is 24.3 Å². The number of benzene rings is 1. The molecule has 2 atom stereocenters. The fourth-order valence-electron chi connectivity index (χ4n) is 3.71. The molecule has 116 valence electrons. The molecule has 0 bridgehead atoms. The Kier molecular flexibility index (Phi) is 3.15. The minimum absolute atomic E-state index is 0.120. The molecule has 22 heavy (non-hydrogen) atoms. The number of nitrogens with zero attached hydrogens (tertiary/aromatic N) is 3. The number of hydrogen-bond donors (Lipinski definition) is 0. The highest BCUT2D eigenvalue weighted by Gasteiger charge is 2.52. The molecule has 4 nitrogen and oxygen atoms in total. The minimum Gasteiger partial charge on any atom is -0.292 e. The Morgan fingerprint density at radius 3 is 2.73 bits per heavy atom. The molecule has 1 aromatic heterocycles. The van der Waals surface area contributed by atoms with Crippen LogP contribution in [0.15, 0.2) is 35.4 Å². The molecule has 4 rings (SSSR count). The first-order valence-electron chi connectivity index (χ1n) is 7.69. The van der Waals surface area contributed by atoms with Crippen molar-refractivity contribution >= 4 is 11.8 Å². The summed E-state index contributed by atoms with van der Waals surface area (Å²) in [6, 6.07) is 10.7. The molecule has 1 aromatic carbocycles. The van der Waals surface area contributed by atoms with Crippen LogP contribution in [-0.2, 0) is 4.84 Å². The quantitative estimate of drug-likeness (QED) is 0.804. The molecule has 2 aliphatic heterocycles. The number of aryl methyl sites for hydroxylation is 1. The first-order valence-corrected chi connectivity index (χ1v) is 8.67. The number of rotatable bonds is 1. The maximum Gasteiger partial charge on any atom is 0.105 e. The van der Waals surface area contributed by atoms with Crippen molar-refractivity contribution in [1.82, 2.24) is 14.8 Å². The number of thioether (sulfide) groups is 1. The predicted molar refractivity (Wildman–Crippen MR) is 88.2 cm³/mol. The summed E-state index contributed by atoms with van der Waals surface area (Å²) in [5, 5.41) is 8.12. The van der Waals surface area contributed by atoms with Crippen molar-refractivity contribution in [2.45, 2.75) is 37.4 Å². The van der Waals surface area contributed by atoms with Crippen LogP contribution in [0.1, 0.15) is 31.1 Å². The molecule has 2 aromatic rings. The van der Waals surface area contributed by atoms with Crippen LogP contribution < -0.4 is 0 Å². The van der Waals surface area contributed by atoms with E-state index in [0.717, 1.165) is 17.1 Å². The summed E-state index contributed by atoms with van der Waals surface area (Å²) >= 11 is 1.91. The zero-order valence-corrected chi connectivity index (χ0v) is 14.2. The van der Waals surface area contributed by atoms with E-state index in [1.807, 2.05) is 29.9 Å². The monoisotopic (exact) mass is 315 g/mol. The van der Waals surface area contributed by atoms with Crippen molar-refractivity contribution in [3.8, 4) is 5.69 Å². The van der Waals surface area contributed by atoms with Crippen LogP contribution in [0.4, 0.5) is 0 Å². The maximum atomic E-state index is 6.11. The Morgan fingerprint density at radius 2 is 2.00 bits per heavy atom. The van der Waals surface area contributed by atoms with E-state index < -0.39 is 0 Å². The van der Waals surface area contributed by atoms with Gasteiger partial charge < -0.3 is 0 Å². The number of hydroxylamine groups is 2. The molecular weight excluding hydrogens is 294 g/mol. The highest BCUT2D eigenvalue weighted by molar-refractivity contribution is 7.99. The van der Waals surface area contributed by atoms with Gasteiger partial charge in [0.05, 0.1) is 23.0 Å². The topological polar surface area (TPSA) is 30.3 Å². The van der Waals surface area contributed by atoms with Gasteiger partial charge in [0.15, 0.2) is 0 Å². The second-order valence-corrected chi connectivity index (χ2v) is 7.66. The first-order chi connectivity index (χ1) is 10.5. The van der Waals surface area contributed by atoms with Gasteiger partial charge in [-0.05, 0) is 32.9 Å². The molecular formula is C17H21N3OS. The van der Waals surface area contributed by atoms with E-state index in [1.54, 1.807) is 0 Å². The Morgan fingerprint density at radius 1 is 1.27 bits per heavy atom. The van der Waals surface area contributed by atoms with Gasteiger partial charge in [-0.1, -0.05) is 18.2 Å². The standard InChI is InChI=1S/C17H21N3OS/c1-11-14-15-13(17(2,3)21-19(15)4)10-22-16(14)20(18-11)12-8-6-5-7-9-12/h5-9,13,15H,10H2,1-4H3/t13-,15-/m1/s1. The molecule has 0 unspecified atom stereocenters. The van der Waals surface area contributed by atoms with E-state index in [-0.39, 0.29) is 5.60 Å². The molecule has 0 N–H and O–H groups in total. The normalized spacial score (nSPS) is 26.7. The van der Waals surface area contributed by atoms with E-state index >= 15 is 0 Å². The smallest absolute Gasteiger partial charge is 0.105 e. The lowest BCUT2D eigenvalue weighted by atomic mass is 9.84. The Bertz CT molecular complexity index is 710. The lowest BCUT2D eigenvalue weighted by Crippen LogP contribution is -2.33. The lowest BCUT2D eigenvalue weighted by Gasteiger charge is -2.31. The summed E-state index contributed by atoms with van der Waals surface area (Å²) in [6.45, 7) is 6.49. The number of para-hydroxylation sites is 1. The number of hydrogen-bond acceptors (Lipinski definition) is 4. The van der Waals surface area contributed by atoms with Gasteiger partial charge in [0.2, 0.25) is 0 Å². The zero-order chi connectivity index (χ0) is 15.5. The maximum absolute atomic E-state index is 6.11. The van der Waals surface area contributed by atoms with E-state index in [0.29, 0.717) is 12.0 Å². The third kappa shape index (κ3) is 1.96. The van der Waals surface area contributed by atoms with Crippen molar-refractivity contribution in [2.75, 3.05) is 12.8 Å². The summed E-state index contributed by atoms with van der Waals surface area (Å²) < 4.78 is 2.09. The van der Waals surface area contributed by atoms with Gasteiger partial charge in [-0.3, -0.25) is 4.84 Å². The molecule has 0 saturated carbocycles. The summed E-state index contributed by atoms with van der Waals surface area (Å²) in [7, 11) is 2.05. The minimum atomic E-state index is -0.120. The van der Waals surface area contributed by atoms with Crippen molar-refractivity contribution in [3.05, 3.63) is 41.6 Å². The van der Waals surface area contributed by atoms with Gasteiger partial charge in [0.25, 0.3) is 0 Å². The number of fused-ring (bicyclic) bond motifs is 3. The third-order valence-corrected chi connectivity index (χ3v) is 6.00. The Balaban J connectivity index is 1.85. The van der Waals surface area contributed by atoms with E-state index in [1.165, 1.54) is 10.6 Å². The fourth-order valence-corrected chi connectivity index (χ4v) is 5.33. The molecule has 1 fully saturated rings. The second kappa shape index (κ2) is 4.85. The molecule has 3 heterocycles. The highest BCUT2D eigenvalue weighted by Crippen LogP contribution is 2.53. The van der Waals surface area contributed by atoms with Crippen molar-refractivity contribution in [3.63, 3.8) is 0 Å². The molecule has 0 amide bonds. The summed E-state index contributed by atoms with van der Waals surface area (Å²) in [5.41, 5.74) is 3.44.